The number of hydrogen-bond acceptors (Lipinski definition) is 7. The van der Waals surface area contributed by atoms with E-state index in [0.29, 0.717) is 18.3 Å². The SMILES string of the molecule is CC(C)(C)OC(=O)N1CCC[C@@H]1c1nnc(C2CCN(c3ccccn3)CC2)o1. The predicted molar refractivity (Wildman–Crippen MR) is 108 cm³/mol. The van der Waals surface area contributed by atoms with E-state index in [1.165, 1.54) is 0 Å². The van der Waals surface area contributed by atoms with Crippen LogP contribution in [-0.4, -0.2) is 51.4 Å². The minimum absolute atomic E-state index is 0.195. The van der Waals surface area contributed by atoms with Crippen LogP contribution < -0.4 is 4.90 Å². The van der Waals surface area contributed by atoms with E-state index in [0.717, 1.165) is 44.6 Å². The first-order chi connectivity index (χ1) is 13.9. The summed E-state index contributed by atoms with van der Waals surface area (Å²) in [4.78, 5) is 21.0. The number of anilines is 1. The molecule has 8 nitrogen and oxygen atoms in total. The van der Waals surface area contributed by atoms with E-state index in [-0.39, 0.29) is 18.1 Å². The Balaban J connectivity index is 1.39. The molecule has 0 unspecified atom stereocenters. The van der Waals surface area contributed by atoms with Crippen LogP contribution in [0.25, 0.3) is 0 Å². The molecule has 0 N–H and O–H groups in total. The Bertz CT molecular complexity index is 824. The van der Waals surface area contributed by atoms with E-state index in [2.05, 4.69) is 20.1 Å². The van der Waals surface area contributed by atoms with Gasteiger partial charge in [-0.1, -0.05) is 6.07 Å². The highest BCUT2D eigenvalue weighted by Gasteiger charge is 2.37. The molecule has 2 saturated heterocycles. The predicted octanol–water partition coefficient (Wildman–Crippen LogP) is 3.92. The number of likely N-dealkylation sites (tertiary alicyclic amines) is 1. The van der Waals surface area contributed by atoms with Gasteiger partial charge < -0.3 is 14.1 Å². The number of nitrogens with zero attached hydrogens (tertiary/aromatic N) is 5. The summed E-state index contributed by atoms with van der Waals surface area (Å²) in [5.41, 5.74) is -0.522. The molecule has 156 valence electrons. The van der Waals surface area contributed by atoms with Gasteiger partial charge in [0.15, 0.2) is 0 Å². The van der Waals surface area contributed by atoms with Gasteiger partial charge in [-0.2, -0.15) is 0 Å². The molecule has 0 bridgehead atoms. The fourth-order valence-corrected chi connectivity index (χ4v) is 4.01. The molecule has 2 fully saturated rings. The standard InChI is InChI=1S/C21H29N5O3/c1-21(2,3)29-20(27)26-12-6-7-16(26)19-24-23-18(28-19)15-9-13-25(14-10-15)17-8-4-5-11-22-17/h4-5,8,11,15-16H,6-7,9-10,12-14H2,1-3H3/t16-/m1/s1. The average Bonchev–Trinajstić information content (AvgIpc) is 3.37. The van der Waals surface area contributed by atoms with Crippen LogP contribution in [0.5, 0.6) is 0 Å². The van der Waals surface area contributed by atoms with E-state index >= 15 is 0 Å². The topological polar surface area (TPSA) is 84.6 Å². The van der Waals surface area contributed by atoms with E-state index in [1.807, 2.05) is 45.2 Å². The van der Waals surface area contributed by atoms with Crippen LogP contribution in [0.1, 0.15) is 70.2 Å². The number of pyridine rings is 1. The molecule has 2 aliphatic heterocycles. The number of ether oxygens (including phenoxy) is 1. The molecule has 0 saturated carbocycles. The lowest BCUT2D eigenvalue weighted by molar-refractivity contribution is 0.0202. The van der Waals surface area contributed by atoms with Gasteiger partial charge in [-0.3, -0.25) is 4.90 Å². The number of amides is 1. The number of carbonyl (C=O) groups excluding carboxylic acids is 1. The second-order valence-corrected chi connectivity index (χ2v) is 8.76. The van der Waals surface area contributed by atoms with Crippen molar-refractivity contribution < 1.29 is 13.9 Å². The van der Waals surface area contributed by atoms with Crippen molar-refractivity contribution >= 4 is 11.9 Å². The minimum atomic E-state index is -0.522. The molecule has 2 aromatic rings. The van der Waals surface area contributed by atoms with Gasteiger partial charge in [-0.05, 0) is 58.6 Å². The first-order valence-electron chi connectivity index (χ1n) is 10.4. The fraction of sp³-hybridized carbons (Fsp3) is 0.619. The molecule has 1 amide bonds. The fourth-order valence-electron chi connectivity index (χ4n) is 4.01. The summed E-state index contributed by atoms with van der Waals surface area (Å²) >= 11 is 0. The quantitative estimate of drug-likeness (QED) is 0.773. The van der Waals surface area contributed by atoms with Gasteiger partial charge in [0.25, 0.3) is 0 Å². The average molecular weight is 399 g/mol. The summed E-state index contributed by atoms with van der Waals surface area (Å²) in [6.45, 7) is 8.09. The third-order valence-corrected chi connectivity index (χ3v) is 5.44. The van der Waals surface area contributed by atoms with Gasteiger partial charge in [0.2, 0.25) is 11.8 Å². The molecule has 4 rings (SSSR count). The number of rotatable bonds is 3. The van der Waals surface area contributed by atoms with Gasteiger partial charge in [0.1, 0.15) is 17.5 Å². The third-order valence-electron chi connectivity index (χ3n) is 5.44. The van der Waals surface area contributed by atoms with Gasteiger partial charge in [0.05, 0.1) is 0 Å². The normalized spacial score (nSPS) is 20.9. The summed E-state index contributed by atoms with van der Waals surface area (Å²) in [5.74, 6) is 2.45. The number of piperidine rings is 1. The second-order valence-electron chi connectivity index (χ2n) is 8.76. The summed E-state index contributed by atoms with van der Waals surface area (Å²) in [7, 11) is 0. The van der Waals surface area contributed by atoms with Crippen molar-refractivity contribution in [3.8, 4) is 0 Å². The Hall–Kier alpha value is -2.64. The van der Waals surface area contributed by atoms with E-state index < -0.39 is 5.60 Å². The Kier molecular flexibility index (Phi) is 5.43. The van der Waals surface area contributed by atoms with Crippen LogP contribution in [0.15, 0.2) is 28.8 Å². The van der Waals surface area contributed by atoms with Crippen molar-refractivity contribution in [3.05, 3.63) is 36.2 Å². The van der Waals surface area contributed by atoms with Crippen molar-refractivity contribution in [1.29, 1.82) is 0 Å². The molecule has 2 aromatic heterocycles. The first kappa shape index (κ1) is 19.7. The van der Waals surface area contributed by atoms with Gasteiger partial charge in [0, 0.05) is 31.7 Å². The van der Waals surface area contributed by atoms with Crippen molar-refractivity contribution in [2.24, 2.45) is 0 Å². The smallest absolute Gasteiger partial charge is 0.410 e. The minimum Gasteiger partial charge on any atom is -0.444 e. The van der Waals surface area contributed by atoms with E-state index in [4.69, 9.17) is 9.15 Å². The zero-order valence-electron chi connectivity index (χ0n) is 17.4. The molecule has 0 radical (unpaired) electrons. The number of aromatic nitrogens is 3. The maximum atomic E-state index is 12.5. The zero-order chi connectivity index (χ0) is 20.4. The summed E-state index contributed by atoms with van der Waals surface area (Å²) in [6, 6.07) is 5.78. The van der Waals surface area contributed by atoms with Crippen molar-refractivity contribution in [2.75, 3.05) is 24.5 Å². The largest absolute Gasteiger partial charge is 0.444 e. The van der Waals surface area contributed by atoms with Crippen LogP contribution in [0.2, 0.25) is 0 Å². The van der Waals surface area contributed by atoms with Crippen LogP contribution in [0.3, 0.4) is 0 Å². The maximum absolute atomic E-state index is 12.5. The molecule has 0 spiro atoms. The van der Waals surface area contributed by atoms with Crippen molar-refractivity contribution in [3.63, 3.8) is 0 Å². The van der Waals surface area contributed by atoms with E-state index in [1.54, 1.807) is 4.90 Å². The van der Waals surface area contributed by atoms with Crippen LogP contribution >= 0.6 is 0 Å². The highest BCUT2D eigenvalue weighted by atomic mass is 16.6. The van der Waals surface area contributed by atoms with E-state index in [9.17, 15) is 4.79 Å². The molecule has 8 heteroatoms. The van der Waals surface area contributed by atoms with Gasteiger partial charge in [-0.15, -0.1) is 10.2 Å². The Morgan fingerprint density at radius 1 is 1.10 bits per heavy atom. The van der Waals surface area contributed by atoms with Gasteiger partial charge in [-0.25, -0.2) is 9.78 Å². The van der Waals surface area contributed by atoms with Crippen LogP contribution in [0.4, 0.5) is 10.6 Å². The lowest BCUT2D eigenvalue weighted by Crippen LogP contribution is -2.36. The summed E-state index contributed by atoms with van der Waals surface area (Å²) in [6.07, 6.45) is 5.12. The number of hydrogen-bond donors (Lipinski definition) is 0. The maximum Gasteiger partial charge on any atom is 0.410 e. The second kappa shape index (κ2) is 8.00. The highest BCUT2D eigenvalue weighted by Crippen LogP contribution is 2.35. The molecule has 2 aliphatic rings. The zero-order valence-corrected chi connectivity index (χ0v) is 17.4. The monoisotopic (exact) mass is 399 g/mol. The van der Waals surface area contributed by atoms with Crippen molar-refractivity contribution in [2.45, 2.75) is 64.0 Å². The van der Waals surface area contributed by atoms with Crippen molar-refractivity contribution in [1.82, 2.24) is 20.1 Å². The molecule has 4 heterocycles. The van der Waals surface area contributed by atoms with Crippen LogP contribution in [0, 0.1) is 0 Å². The summed E-state index contributed by atoms with van der Waals surface area (Å²) < 4.78 is 11.6. The Morgan fingerprint density at radius 3 is 2.55 bits per heavy atom. The first-order valence-corrected chi connectivity index (χ1v) is 10.4. The lowest BCUT2D eigenvalue weighted by Gasteiger charge is -2.31. The highest BCUT2D eigenvalue weighted by molar-refractivity contribution is 5.69. The van der Waals surface area contributed by atoms with Crippen LogP contribution in [-0.2, 0) is 4.74 Å². The molecule has 29 heavy (non-hydrogen) atoms. The molecule has 1 atom stereocenters. The Morgan fingerprint density at radius 2 is 1.86 bits per heavy atom. The molecule has 0 aromatic carbocycles. The molecule has 0 aliphatic carbocycles. The lowest BCUT2D eigenvalue weighted by atomic mass is 9.97. The van der Waals surface area contributed by atoms with Gasteiger partial charge >= 0.3 is 6.09 Å². The molecular weight excluding hydrogens is 370 g/mol. The number of carbonyl (C=O) groups is 1. The summed E-state index contributed by atoms with van der Waals surface area (Å²) in [5, 5.41) is 8.61. The Labute approximate surface area is 171 Å². The molecular formula is C21H29N5O3. The third kappa shape index (κ3) is 4.52.